The number of hydrogen-bond donors (Lipinski definition) is 1. The van der Waals surface area contributed by atoms with E-state index in [-0.39, 0.29) is 5.92 Å². The first kappa shape index (κ1) is 12.6. The molecule has 104 valence electrons. The topological polar surface area (TPSA) is 61.0 Å². The van der Waals surface area contributed by atoms with Crippen LogP contribution in [0.1, 0.15) is 21.2 Å². The molecular weight excluding hydrogens is 302 g/mol. The molecular formula is C15H11N3OS2. The minimum atomic E-state index is 0.0343. The van der Waals surface area contributed by atoms with E-state index in [0.717, 1.165) is 16.2 Å². The zero-order valence-corrected chi connectivity index (χ0v) is 12.5. The normalized spacial score (nSPS) is 17.0. The van der Waals surface area contributed by atoms with Crippen molar-refractivity contribution in [3.63, 3.8) is 0 Å². The first-order valence-corrected chi connectivity index (χ1v) is 8.16. The molecule has 0 saturated carbocycles. The van der Waals surface area contributed by atoms with Gasteiger partial charge in [0.2, 0.25) is 5.88 Å². The van der Waals surface area contributed by atoms with Crippen LogP contribution in [-0.4, -0.2) is 9.97 Å². The van der Waals surface area contributed by atoms with Crippen LogP contribution in [0.4, 0.5) is 5.82 Å². The number of nitrogens with zero attached hydrogens (tertiary/aromatic N) is 2. The lowest BCUT2D eigenvalue weighted by molar-refractivity contribution is 0.472. The van der Waals surface area contributed by atoms with Gasteiger partial charge in [-0.3, -0.25) is 0 Å². The van der Waals surface area contributed by atoms with Gasteiger partial charge in [0.05, 0.1) is 10.4 Å². The predicted molar refractivity (Wildman–Crippen MR) is 85.5 cm³/mol. The highest BCUT2D eigenvalue weighted by molar-refractivity contribution is 7.11. The van der Waals surface area contributed by atoms with E-state index >= 15 is 0 Å². The Balaban J connectivity index is 1.89. The average Bonchev–Trinajstić information content (AvgIpc) is 3.20. The maximum absolute atomic E-state index is 6.05. The lowest BCUT2D eigenvalue weighted by atomic mass is 9.95. The molecule has 1 aliphatic rings. The van der Waals surface area contributed by atoms with Crippen molar-refractivity contribution < 1.29 is 4.74 Å². The summed E-state index contributed by atoms with van der Waals surface area (Å²) in [5.41, 5.74) is 6.90. The maximum Gasteiger partial charge on any atom is 0.228 e. The largest absolute Gasteiger partial charge is 0.437 e. The average molecular weight is 313 g/mol. The molecule has 0 spiro atoms. The van der Waals surface area contributed by atoms with Gasteiger partial charge in [0.15, 0.2) is 0 Å². The van der Waals surface area contributed by atoms with E-state index in [0.29, 0.717) is 11.7 Å². The standard InChI is InChI=1S/C15H11N3OS2/c16-14-13-9(11-3-1-5-20-11)7-10(12-4-2-6-21-12)19-15(13)18-8-17-14/h1-9H,(H2,16,17,18). The molecule has 1 aliphatic heterocycles. The fourth-order valence-corrected chi connectivity index (χ4v) is 3.87. The number of aromatic nitrogens is 2. The number of fused-ring (bicyclic) bond motifs is 1. The Hall–Kier alpha value is -2.18. The molecule has 0 saturated heterocycles. The second kappa shape index (κ2) is 4.98. The van der Waals surface area contributed by atoms with Crippen molar-refractivity contribution in [3.05, 3.63) is 62.7 Å². The molecule has 3 aromatic rings. The predicted octanol–water partition coefficient (Wildman–Crippen LogP) is 3.75. The van der Waals surface area contributed by atoms with Gasteiger partial charge in [0.25, 0.3) is 0 Å². The lowest BCUT2D eigenvalue weighted by Crippen LogP contribution is -2.13. The van der Waals surface area contributed by atoms with Gasteiger partial charge in [0.1, 0.15) is 17.9 Å². The van der Waals surface area contributed by atoms with Crippen LogP contribution in [0.15, 0.2) is 47.4 Å². The van der Waals surface area contributed by atoms with Gasteiger partial charge in [-0.25, -0.2) is 9.97 Å². The highest BCUT2D eigenvalue weighted by Gasteiger charge is 2.28. The Morgan fingerprint density at radius 2 is 1.95 bits per heavy atom. The monoisotopic (exact) mass is 313 g/mol. The molecule has 1 atom stereocenters. The van der Waals surface area contributed by atoms with Crippen LogP contribution in [0.25, 0.3) is 5.76 Å². The summed E-state index contributed by atoms with van der Waals surface area (Å²) in [5.74, 6) is 1.88. The quantitative estimate of drug-likeness (QED) is 0.783. The van der Waals surface area contributed by atoms with Crippen LogP contribution in [0.3, 0.4) is 0 Å². The van der Waals surface area contributed by atoms with Crippen LogP contribution in [0.5, 0.6) is 5.88 Å². The summed E-state index contributed by atoms with van der Waals surface area (Å²) in [7, 11) is 0. The van der Waals surface area contributed by atoms with Crippen LogP contribution in [0.2, 0.25) is 0 Å². The molecule has 0 aliphatic carbocycles. The summed E-state index contributed by atoms with van der Waals surface area (Å²) < 4.78 is 5.93. The van der Waals surface area contributed by atoms with Gasteiger partial charge in [-0.1, -0.05) is 12.1 Å². The molecule has 0 radical (unpaired) electrons. The van der Waals surface area contributed by atoms with E-state index in [1.165, 1.54) is 11.2 Å². The van der Waals surface area contributed by atoms with Crippen molar-refractivity contribution in [2.24, 2.45) is 0 Å². The van der Waals surface area contributed by atoms with E-state index in [2.05, 4.69) is 27.5 Å². The zero-order valence-electron chi connectivity index (χ0n) is 10.9. The van der Waals surface area contributed by atoms with Crippen molar-refractivity contribution >= 4 is 34.3 Å². The molecule has 6 heteroatoms. The van der Waals surface area contributed by atoms with Gasteiger partial charge in [-0.05, 0) is 29.0 Å². The summed E-state index contributed by atoms with van der Waals surface area (Å²) in [5, 5.41) is 4.09. The molecule has 2 N–H and O–H groups in total. The first-order chi connectivity index (χ1) is 10.3. The lowest BCUT2D eigenvalue weighted by Gasteiger charge is -2.23. The number of allylic oxidation sites excluding steroid dienone is 1. The van der Waals surface area contributed by atoms with E-state index in [1.54, 1.807) is 22.7 Å². The van der Waals surface area contributed by atoms with Gasteiger partial charge in [-0.15, -0.1) is 22.7 Å². The number of nitrogens with two attached hydrogens (primary N) is 1. The fraction of sp³-hybridized carbons (Fsp3) is 0.0667. The van der Waals surface area contributed by atoms with Crippen molar-refractivity contribution in [3.8, 4) is 5.88 Å². The summed E-state index contributed by atoms with van der Waals surface area (Å²) in [6.45, 7) is 0. The number of rotatable bonds is 2. The summed E-state index contributed by atoms with van der Waals surface area (Å²) in [6, 6.07) is 8.18. The molecule has 0 bridgehead atoms. The van der Waals surface area contributed by atoms with Gasteiger partial charge < -0.3 is 10.5 Å². The summed E-state index contributed by atoms with van der Waals surface area (Å²) in [4.78, 5) is 10.6. The third kappa shape index (κ3) is 2.12. The van der Waals surface area contributed by atoms with Crippen molar-refractivity contribution in [1.82, 2.24) is 9.97 Å². The SMILES string of the molecule is Nc1ncnc2c1C(c1cccs1)C=C(c1cccs1)O2. The number of thiophene rings is 2. The van der Waals surface area contributed by atoms with Gasteiger partial charge in [-0.2, -0.15) is 0 Å². The molecule has 3 aromatic heterocycles. The first-order valence-electron chi connectivity index (χ1n) is 6.40. The molecule has 4 heterocycles. The molecule has 1 unspecified atom stereocenters. The Kier molecular flexibility index (Phi) is 2.98. The van der Waals surface area contributed by atoms with Crippen LogP contribution < -0.4 is 10.5 Å². The van der Waals surface area contributed by atoms with Crippen LogP contribution in [0, 0.1) is 0 Å². The molecule has 21 heavy (non-hydrogen) atoms. The molecule has 0 amide bonds. The Morgan fingerprint density at radius 3 is 2.71 bits per heavy atom. The van der Waals surface area contributed by atoms with Crippen LogP contribution >= 0.6 is 22.7 Å². The van der Waals surface area contributed by atoms with Crippen LogP contribution in [-0.2, 0) is 0 Å². The molecule has 0 aromatic carbocycles. The summed E-state index contributed by atoms with van der Waals surface area (Å²) >= 11 is 3.34. The van der Waals surface area contributed by atoms with Crippen molar-refractivity contribution in [2.45, 2.75) is 5.92 Å². The van der Waals surface area contributed by atoms with Gasteiger partial charge >= 0.3 is 0 Å². The van der Waals surface area contributed by atoms with E-state index in [9.17, 15) is 0 Å². The Morgan fingerprint density at radius 1 is 1.10 bits per heavy atom. The highest BCUT2D eigenvalue weighted by Crippen LogP contribution is 2.43. The number of nitrogen functional groups attached to an aromatic ring is 1. The van der Waals surface area contributed by atoms with E-state index in [4.69, 9.17) is 10.5 Å². The zero-order chi connectivity index (χ0) is 14.2. The second-order valence-corrected chi connectivity index (χ2v) is 6.51. The number of hydrogen-bond acceptors (Lipinski definition) is 6. The maximum atomic E-state index is 6.05. The van der Waals surface area contributed by atoms with Crippen molar-refractivity contribution in [1.29, 1.82) is 0 Å². The van der Waals surface area contributed by atoms with E-state index < -0.39 is 0 Å². The fourth-order valence-electron chi connectivity index (χ4n) is 2.38. The molecule has 4 rings (SSSR count). The molecule has 4 nitrogen and oxygen atoms in total. The molecule has 0 fully saturated rings. The van der Waals surface area contributed by atoms with E-state index in [1.807, 2.05) is 23.6 Å². The second-order valence-electron chi connectivity index (χ2n) is 4.58. The smallest absolute Gasteiger partial charge is 0.228 e. The number of anilines is 1. The summed E-state index contributed by atoms with van der Waals surface area (Å²) in [6.07, 6.45) is 3.54. The Labute approximate surface area is 129 Å². The third-order valence-corrected chi connectivity index (χ3v) is 5.17. The minimum Gasteiger partial charge on any atom is -0.437 e. The number of ether oxygens (including phenoxy) is 1. The van der Waals surface area contributed by atoms with Gasteiger partial charge in [0, 0.05) is 10.8 Å². The highest BCUT2D eigenvalue weighted by atomic mass is 32.1. The Bertz CT molecular complexity index is 794. The minimum absolute atomic E-state index is 0.0343. The van der Waals surface area contributed by atoms with Crippen molar-refractivity contribution in [2.75, 3.05) is 5.73 Å². The third-order valence-electron chi connectivity index (χ3n) is 3.33.